The second-order valence-corrected chi connectivity index (χ2v) is 6.58. The van der Waals surface area contributed by atoms with Crippen molar-refractivity contribution in [1.82, 2.24) is 9.80 Å². The van der Waals surface area contributed by atoms with Crippen molar-refractivity contribution in [3.63, 3.8) is 0 Å². The summed E-state index contributed by atoms with van der Waals surface area (Å²) in [7, 11) is 4.85. The van der Waals surface area contributed by atoms with Crippen molar-refractivity contribution in [1.29, 1.82) is 0 Å². The van der Waals surface area contributed by atoms with E-state index in [4.69, 9.17) is 0 Å². The van der Waals surface area contributed by atoms with Gasteiger partial charge in [0.2, 0.25) is 17.7 Å². The lowest BCUT2D eigenvalue weighted by molar-refractivity contribution is -0.138. The smallest absolute Gasteiger partial charge is 0.241 e. The molecule has 0 radical (unpaired) electrons. The lowest BCUT2D eigenvalue weighted by Gasteiger charge is -2.25. The number of rotatable bonds is 4. The summed E-state index contributed by atoms with van der Waals surface area (Å²) in [5, 5.41) is 2.33. The SMILES string of the molecule is CN(C)C(=O)CN(C)C(=O)C[C@@H]1Sc2ccccc2NC1=O. The number of carbonyl (C=O) groups excluding carboxylic acids is 3. The molecule has 0 fully saturated rings. The molecule has 1 aromatic carbocycles. The standard InChI is InChI=1S/C15H19N3O3S/c1-17(2)14(20)9-18(3)13(19)8-12-15(21)16-10-6-4-5-7-11(10)22-12/h4-7,12H,8-9H2,1-3H3,(H,16,21)/t12-/m0/s1. The van der Waals surface area contributed by atoms with Gasteiger partial charge in [-0.15, -0.1) is 11.8 Å². The quantitative estimate of drug-likeness (QED) is 0.899. The first-order chi connectivity index (χ1) is 10.4. The zero-order valence-corrected chi connectivity index (χ0v) is 13.6. The average molecular weight is 321 g/mol. The fraction of sp³-hybridized carbons (Fsp3) is 0.400. The summed E-state index contributed by atoms with van der Waals surface area (Å²) in [5.74, 6) is -0.548. The van der Waals surface area contributed by atoms with Gasteiger partial charge in [0.05, 0.1) is 17.5 Å². The molecule has 0 spiro atoms. The Bertz CT molecular complexity index is 603. The molecule has 1 aliphatic rings. The second kappa shape index (κ2) is 6.83. The number of carbonyl (C=O) groups is 3. The molecule has 1 heterocycles. The lowest BCUT2D eigenvalue weighted by Crippen LogP contribution is -2.40. The lowest BCUT2D eigenvalue weighted by atomic mass is 10.2. The van der Waals surface area contributed by atoms with E-state index in [9.17, 15) is 14.4 Å². The summed E-state index contributed by atoms with van der Waals surface area (Å²) in [6.45, 7) is 0.0153. The van der Waals surface area contributed by atoms with Crippen LogP contribution in [0.25, 0.3) is 0 Å². The Hall–Kier alpha value is -2.02. The highest BCUT2D eigenvalue weighted by Crippen LogP contribution is 2.36. The summed E-state index contributed by atoms with van der Waals surface area (Å²) in [4.78, 5) is 39.6. The van der Waals surface area contributed by atoms with E-state index in [1.54, 1.807) is 21.1 Å². The fourth-order valence-corrected chi connectivity index (χ4v) is 3.08. The number of anilines is 1. The van der Waals surface area contributed by atoms with Crippen molar-refractivity contribution in [3.8, 4) is 0 Å². The van der Waals surface area contributed by atoms with Gasteiger partial charge in [-0.05, 0) is 12.1 Å². The van der Waals surface area contributed by atoms with Gasteiger partial charge in [-0.2, -0.15) is 0 Å². The highest BCUT2D eigenvalue weighted by atomic mass is 32.2. The minimum absolute atomic E-state index is 0.0153. The van der Waals surface area contributed by atoms with E-state index < -0.39 is 5.25 Å². The third-order valence-corrected chi connectivity index (χ3v) is 4.64. The number of nitrogens with zero attached hydrogens (tertiary/aromatic N) is 2. The summed E-state index contributed by atoms with van der Waals surface area (Å²) < 4.78 is 0. The normalized spacial score (nSPS) is 16.5. The van der Waals surface area contributed by atoms with Crippen molar-refractivity contribution in [2.24, 2.45) is 0 Å². The number of likely N-dealkylation sites (N-methyl/N-ethyl adjacent to an activating group) is 2. The van der Waals surface area contributed by atoms with Crippen LogP contribution in [0.1, 0.15) is 6.42 Å². The Labute approximate surface area is 133 Å². The first-order valence-corrected chi connectivity index (χ1v) is 7.77. The topological polar surface area (TPSA) is 69.7 Å². The van der Waals surface area contributed by atoms with Crippen LogP contribution < -0.4 is 5.32 Å². The van der Waals surface area contributed by atoms with Gasteiger partial charge in [0.15, 0.2) is 0 Å². The van der Waals surface area contributed by atoms with Crippen molar-refractivity contribution >= 4 is 35.2 Å². The molecule has 3 amide bonds. The molecule has 7 heteroatoms. The van der Waals surface area contributed by atoms with Gasteiger partial charge < -0.3 is 15.1 Å². The Kier molecular flexibility index (Phi) is 5.07. The number of hydrogen-bond acceptors (Lipinski definition) is 4. The molecule has 1 atom stereocenters. The van der Waals surface area contributed by atoms with E-state index in [2.05, 4.69) is 5.32 Å². The van der Waals surface area contributed by atoms with E-state index in [-0.39, 0.29) is 30.7 Å². The molecule has 0 saturated heterocycles. The highest BCUT2D eigenvalue weighted by Gasteiger charge is 2.30. The zero-order valence-electron chi connectivity index (χ0n) is 12.8. The van der Waals surface area contributed by atoms with Crippen LogP contribution in [0.4, 0.5) is 5.69 Å². The van der Waals surface area contributed by atoms with Crippen LogP contribution in [0.15, 0.2) is 29.2 Å². The molecule has 0 bridgehead atoms. The maximum Gasteiger partial charge on any atom is 0.241 e. The summed E-state index contributed by atoms with van der Waals surface area (Å²) in [6.07, 6.45) is 0.0715. The Morgan fingerprint density at radius 2 is 1.86 bits per heavy atom. The van der Waals surface area contributed by atoms with Gasteiger partial charge in [-0.25, -0.2) is 0 Å². The monoisotopic (exact) mass is 321 g/mol. The van der Waals surface area contributed by atoms with E-state index in [1.807, 2.05) is 24.3 Å². The van der Waals surface area contributed by atoms with Gasteiger partial charge in [0, 0.05) is 32.5 Å². The third kappa shape index (κ3) is 3.79. The van der Waals surface area contributed by atoms with Gasteiger partial charge in [0.1, 0.15) is 0 Å². The maximum atomic E-state index is 12.2. The van der Waals surface area contributed by atoms with Gasteiger partial charge in [-0.3, -0.25) is 14.4 Å². The van der Waals surface area contributed by atoms with Crippen LogP contribution in [0.3, 0.4) is 0 Å². The number of para-hydroxylation sites is 1. The minimum atomic E-state index is -0.473. The predicted molar refractivity (Wildman–Crippen MR) is 85.7 cm³/mol. The maximum absolute atomic E-state index is 12.2. The molecule has 1 N–H and O–H groups in total. The van der Waals surface area contributed by atoms with Gasteiger partial charge in [0.25, 0.3) is 0 Å². The number of nitrogens with one attached hydrogen (secondary N) is 1. The zero-order chi connectivity index (χ0) is 16.3. The van der Waals surface area contributed by atoms with E-state index >= 15 is 0 Å². The van der Waals surface area contributed by atoms with Crippen molar-refractivity contribution in [2.75, 3.05) is 33.0 Å². The fourth-order valence-electron chi connectivity index (χ4n) is 1.97. The molecule has 1 aromatic rings. The molecule has 0 aliphatic carbocycles. The highest BCUT2D eigenvalue weighted by molar-refractivity contribution is 8.01. The van der Waals surface area contributed by atoms with E-state index in [0.29, 0.717) is 0 Å². The molecule has 22 heavy (non-hydrogen) atoms. The summed E-state index contributed by atoms with van der Waals surface area (Å²) >= 11 is 1.38. The van der Waals surface area contributed by atoms with Crippen molar-refractivity contribution in [3.05, 3.63) is 24.3 Å². The average Bonchev–Trinajstić information content (AvgIpc) is 2.47. The van der Waals surface area contributed by atoms with Gasteiger partial charge in [-0.1, -0.05) is 12.1 Å². The van der Waals surface area contributed by atoms with Crippen LogP contribution in [0.2, 0.25) is 0 Å². The number of fused-ring (bicyclic) bond motifs is 1. The van der Waals surface area contributed by atoms with Crippen molar-refractivity contribution in [2.45, 2.75) is 16.6 Å². The van der Waals surface area contributed by atoms with Crippen LogP contribution in [-0.4, -0.2) is 60.5 Å². The Morgan fingerprint density at radius 3 is 2.55 bits per heavy atom. The molecule has 1 aliphatic heterocycles. The van der Waals surface area contributed by atoms with Crippen LogP contribution in [0.5, 0.6) is 0 Å². The Balaban J connectivity index is 1.97. The second-order valence-electron chi connectivity index (χ2n) is 5.33. The summed E-state index contributed by atoms with van der Waals surface area (Å²) in [5.41, 5.74) is 0.775. The Morgan fingerprint density at radius 1 is 1.18 bits per heavy atom. The first-order valence-electron chi connectivity index (χ1n) is 6.89. The van der Waals surface area contributed by atoms with E-state index in [1.165, 1.54) is 21.6 Å². The minimum Gasteiger partial charge on any atom is -0.347 e. The molecular weight excluding hydrogens is 302 g/mol. The third-order valence-electron chi connectivity index (χ3n) is 3.36. The van der Waals surface area contributed by atoms with Crippen LogP contribution >= 0.6 is 11.8 Å². The van der Waals surface area contributed by atoms with Crippen LogP contribution in [0, 0.1) is 0 Å². The molecule has 0 aromatic heterocycles. The molecule has 6 nitrogen and oxygen atoms in total. The molecule has 2 rings (SSSR count). The molecular formula is C15H19N3O3S. The van der Waals surface area contributed by atoms with E-state index in [0.717, 1.165) is 10.6 Å². The number of amides is 3. The number of benzene rings is 1. The molecule has 0 unspecified atom stereocenters. The number of hydrogen-bond donors (Lipinski definition) is 1. The predicted octanol–water partition coefficient (Wildman–Crippen LogP) is 1.04. The first kappa shape index (κ1) is 16.4. The van der Waals surface area contributed by atoms with Gasteiger partial charge >= 0.3 is 0 Å². The van der Waals surface area contributed by atoms with Crippen molar-refractivity contribution < 1.29 is 14.4 Å². The van der Waals surface area contributed by atoms with Crippen LogP contribution in [-0.2, 0) is 14.4 Å². The number of thioether (sulfide) groups is 1. The summed E-state index contributed by atoms with van der Waals surface area (Å²) in [6, 6.07) is 7.49. The largest absolute Gasteiger partial charge is 0.347 e. The molecule has 0 saturated carbocycles. The molecule has 118 valence electrons.